The zero-order chi connectivity index (χ0) is 25.7. The molecule has 9 rings (SSSR count). The van der Waals surface area contributed by atoms with Crippen molar-refractivity contribution < 1.29 is 14.2 Å². The third-order valence-electron chi connectivity index (χ3n) is 11.8. The van der Waals surface area contributed by atoms with Crippen LogP contribution in [-0.4, -0.2) is 49.5 Å². The van der Waals surface area contributed by atoms with E-state index >= 15 is 0 Å². The summed E-state index contributed by atoms with van der Waals surface area (Å²) >= 11 is 0. The predicted octanol–water partition coefficient (Wildman–Crippen LogP) is 6.08. The van der Waals surface area contributed by atoms with Crippen molar-refractivity contribution in [2.45, 2.75) is 81.6 Å². The molecule has 1 saturated heterocycles. The number of piperidine rings is 1. The van der Waals surface area contributed by atoms with E-state index < -0.39 is 0 Å². The Hall–Kier alpha value is -2.14. The highest BCUT2D eigenvalue weighted by Crippen LogP contribution is 2.76. The number of methoxy groups -OCH3 is 1. The first-order valence-electron chi connectivity index (χ1n) is 14.9. The van der Waals surface area contributed by atoms with E-state index in [1.54, 1.807) is 11.1 Å². The molecule has 2 aromatic carbocycles. The van der Waals surface area contributed by atoms with Gasteiger partial charge in [-0.25, -0.2) is 0 Å². The monoisotopic (exact) mass is 511 g/mol. The molecule has 4 bridgehead atoms. The Kier molecular flexibility index (Phi) is 5.11. The molecule has 2 aromatic rings. The van der Waals surface area contributed by atoms with Gasteiger partial charge in [-0.1, -0.05) is 49.1 Å². The van der Waals surface area contributed by atoms with Crippen LogP contribution in [0.1, 0.15) is 66.3 Å². The molecule has 5 aliphatic carbocycles. The minimum Gasteiger partial charge on any atom is -0.486 e. The van der Waals surface area contributed by atoms with Crippen molar-refractivity contribution in [1.29, 1.82) is 0 Å². The van der Waals surface area contributed by atoms with Gasteiger partial charge in [0.2, 0.25) is 0 Å². The third-order valence-corrected chi connectivity index (χ3v) is 11.8. The van der Waals surface area contributed by atoms with Crippen molar-refractivity contribution in [1.82, 2.24) is 4.90 Å². The smallest absolute Gasteiger partial charge is 0.138 e. The molecule has 0 aromatic heterocycles. The Morgan fingerprint density at radius 1 is 1.11 bits per heavy atom. The zero-order valence-corrected chi connectivity index (χ0v) is 23.0. The zero-order valence-electron chi connectivity index (χ0n) is 23.0. The van der Waals surface area contributed by atoms with Crippen molar-refractivity contribution in [3.8, 4) is 5.75 Å². The molecule has 2 aliphatic heterocycles. The molecule has 38 heavy (non-hydrogen) atoms. The van der Waals surface area contributed by atoms with Crippen molar-refractivity contribution in [3.05, 3.63) is 70.8 Å². The topological polar surface area (TPSA) is 30.9 Å². The van der Waals surface area contributed by atoms with Gasteiger partial charge in [-0.05, 0) is 86.6 Å². The summed E-state index contributed by atoms with van der Waals surface area (Å²) in [5.41, 5.74) is 6.82. The van der Waals surface area contributed by atoms with E-state index in [1.807, 2.05) is 13.2 Å². The molecule has 4 heteroatoms. The molecule has 2 spiro atoms. The number of nitrogens with zero attached hydrogens (tertiary/aromatic N) is 1. The van der Waals surface area contributed by atoms with Crippen LogP contribution < -0.4 is 4.74 Å². The van der Waals surface area contributed by atoms with Crippen LogP contribution in [0.15, 0.2) is 43.0 Å². The summed E-state index contributed by atoms with van der Waals surface area (Å²) in [7, 11) is 1.94. The van der Waals surface area contributed by atoms with Gasteiger partial charge in [0.25, 0.3) is 0 Å². The highest BCUT2D eigenvalue weighted by atomic mass is 16.6. The normalized spacial score (nSPS) is 38.1. The van der Waals surface area contributed by atoms with E-state index in [1.165, 1.54) is 68.5 Å². The van der Waals surface area contributed by atoms with Gasteiger partial charge in [-0.15, -0.1) is 0 Å². The van der Waals surface area contributed by atoms with E-state index in [4.69, 9.17) is 14.2 Å². The summed E-state index contributed by atoms with van der Waals surface area (Å²) < 4.78 is 20.3. The van der Waals surface area contributed by atoms with Crippen LogP contribution in [0.4, 0.5) is 0 Å². The number of benzene rings is 2. The first-order chi connectivity index (χ1) is 18.5. The lowest BCUT2D eigenvalue weighted by Crippen LogP contribution is -2.81. The summed E-state index contributed by atoms with van der Waals surface area (Å²) in [6.07, 6.45) is 10.7. The first kappa shape index (κ1) is 23.7. The van der Waals surface area contributed by atoms with Crippen molar-refractivity contribution >= 4 is 6.08 Å². The summed E-state index contributed by atoms with van der Waals surface area (Å²) in [6.45, 7) is 9.98. The molecule has 2 heterocycles. The van der Waals surface area contributed by atoms with Crippen LogP contribution in [-0.2, 0) is 27.9 Å². The van der Waals surface area contributed by atoms with Gasteiger partial charge in [0, 0.05) is 42.0 Å². The summed E-state index contributed by atoms with van der Waals surface area (Å²) in [4.78, 5) is 2.92. The Balaban J connectivity index is 1.17. The maximum atomic E-state index is 7.17. The number of rotatable bonds is 8. The second-order valence-electron chi connectivity index (χ2n) is 13.3. The van der Waals surface area contributed by atoms with Gasteiger partial charge >= 0.3 is 0 Å². The fraction of sp³-hybridized carbons (Fsp3) is 0.588. The van der Waals surface area contributed by atoms with E-state index in [-0.39, 0.29) is 22.5 Å². The number of aryl methyl sites for hydroxylation is 1. The largest absolute Gasteiger partial charge is 0.486 e. The van der Waals surface area contributed by atoms with E-state index in [9.17, 15) is 0 Å². The molecule has 5 fully saturated rings. The molecule has 4 nitrogen and oxygen atoms in total. The van der Waals surface area contributed by atoms with Gasteiger partial charge in [0.15, 0.2) is 0 Å². The molecule has 6 atom stereocenters. The second kappa shape index (κ2) is 8.19. The fourth-order valence-electron chi connectivity index (χ4n) is 9.96. The molecule has 0 amide bonds. The lowest BCUT2D eigenvalue weighted by Gasteiger charge is -2.74. The Labute approximate surface area is 227 Å². The van der Waals surface area contributed by atoms with E-state index in [0.717, 1.165) is 24.5 Å². The van der Waals surface area contributed by atoms with Crippen molar-refractivity contribution in [2.75, 3.05) is 26.8 Å². The molecule has 200 valence electrons. The predicted molar refractivity (Wildman–Crippen MR) is 149 cm³/mol. The summed E-state index contributed by atoms with van der Waals surface area (Å²) in [5, 5.41) is 0. The van der Waals surface area contributed by atoms with E-state index in [0.29, 0.717) is 18.6 Å². The van der Waals surface area contributed by atoms with Crippen LogP contribution in [0.5, 0.6) is 5.75 Å². The maximum absolute atomic E-state index is 7.17. The average Bonchev–Trinajstić information content (AvgIpc) is 3.69. The molecule has 4 saturated carbocycles. The van der Waals surface area contributed by atoms with Crippen molar-refractivity contribution in [2.24, 2.45) is 17.3 Å². The minimum atomic E-state index is -0.294. The molecular weight excluding hydrogens is 470 g/mol. The second-order valence-corrected chi connectivity index (χ2v) is 13.3. The van der Waals surface area contributed by atoms with Crippen LogP contribution in [0.2, 0.25) is 0 Å². The van der Waals surface area contributed by atoms with Gasteiger partial charge < -0.3 is 14.2 Å². The van der Waals surface area contributed by atoms with E-state index in [2.05, 4.69) is 54.8 Å². The molecular formula is C34H41NO3. The number of likely N-dealkylation sites (tertiary alicyclic amines) is 1. The minimum absolute atomic E-state index is 0.0813. The first-order valence-corrected chi connectivity index (χ1v) is 14.9. The van der Waals surface area contributed by atoms with Gasteiger partial charge in [-0.3, -0.25) is 4.90 Å². The number of hydrogen-bond donors (Lipinski definition) is 0. The lowest BCUT2D eigenvalue weighted by molar-refractivity contribution is -0.283. The van der Waals surface area contributed by atoms with Gasteiger partial charge in [-0.2, -0.15) is 0 Å². The maximum Gasteiger partial charge on any atom is 0.138 e. The highest BCUT2D eigenvalue weighted by molar-refractivity contribution is 5.61. The summed E-state index contributed by atoms with van der Waals surface area (Å²) in [5.74, 6) is 2.45. The average molecular weight is 512 g/mol. The quantitative estimate of drug-likeness (QED) is 0.430. The standard InChI is InChI=1S/C34H41NO3/c1-4-23-6-10-25(11-7-23)20-37-21-27-18-32-13-14-34(27,36-3)31-33(32)15-16-35(19-24-8-9-24)28(32)17-26-12-5-22(2)30(38-31)29(26)33/h4-7,10-12,24,27-28,31H,1,8-9,13-21H2,2-3H3/t27-,28-,31-,32-,33+,34-/m1/s1. The lowest BCUT2D eigenvalue weighted by atomic mass is 9.35. The Bertz CT molecular complexity index is 1280. The fourth-order valence-corrected chi connectivity index (χ4v) is 9.96. The van der Waals surface area contributed by atoms with Gasteiger partial charge in [0.05, 0.1) is 13.2 Å². The Morgan fingerprint density at radius 3 is 2.71 bits per heavy atom. The van der Waals surface area contributed by atoms with Gasteiger partial charge in [0.1, 0.15) is 17.5 Å². The number of ether oxygens (including phenoxy) is 3. The molecule has 7 aliphatic rings. The number of fused-ring (bicyclic) bond motifs is 2. The number of hydrogen-bond acceptors (Lipinski definition) is 4. The van der Waals surface area contributed by atoms with Crippen LogP contribution in [0.3, 0.4) is 0 Å². The SMILES string of the molecule is C=Cc1ccc(COC[C@H]2C[C@@]34CC[C@]2(OC)[C@@H]2Oc5c(C)ccc6c5[C@@]23CCN(CC2CC2)[C@@H]4C6)cc1. The highest BCUT2D eigenvalue weighted by Gasteiger charge is 2.80. The van der Waals surface area contributed by atoms with Crippen LogP contribution in [0, 0.1) is 24.2 Å². The molecule has 0 radical (unpaired) electrons. The molecule has 0 unspecified atom stereocenters. The third kappa shape index (κ3) is 2.92. The van der Waals surface area contributed by atoms with Crippen LogP contribution >= 0.6 is 0 Å². The Morgan fingerprint density at radius 2 is 1.95 bits per heavy atom. The summed E-state index contributed by atoms with van der Waals surface area (Å²) in [6, 6.07) is 13.9. The molecule has 0 N–H and O–H groups in total. The van der Waals surface area contributed by atoms with Crippen molar-refractivity contribution in [3.63, 3.8) is 0 Å². The van der Waals surface area contributed by atoms with Crippen LogP contribution in [0.25, 0.3) is 6.08 Å².